The Balaban J connectivity index is 1.79. The number of rotatable bonds is 5. The molecule has 3 rings (SSSR count). The van der Waals surface area contributed by atoms with E-state index in [1.54, 1.807) is 30.3 Å². The molecule has 1 fully saturated rings. The minimum atomic E-state index is -1.33. The molecule has 0 spiro atoms. The Morgan fingerprint density at radius 2 is 1.97 bits per heavy atom. The molecule has 0 aromatic heterocycles. The maximum atomic E-state index is 12.8. The number of carboxylic acids is 1. The molecule has 0 radical (unpaired) electrons. The van der Waals surface area contributed by atoms with Crippen LogP contribution >= 0.6 is 35.6 Å². The van der Waals surface area contributed by atoms with E-state index in [4.69, 9.17) is 28.9 Å². The van der Waals surface area contributed by atoms with Gasteiger partial charge in [-0.2, -0.15) is 0 Å². The number of nitrogens with zero attached hydrogens (tertiary/aromatic N) is 1. The fourth-order valence-electron chi connectivity index (χ4n) is 2.70. The van der Waals surface area contributed by atoms with E-state index >= 15 is 0 Å². The number of thioether (sulfide) groups is 1. The van der Waals surface area contributed by atoms with Gasteiger partial charge in [-0.3, -0.25) is 14.5 Å². The highest BCUT2D eigenvalue weighted by molar-refractivity contribution is 8.26. The summed E-state index contributed by atoms with van der Waals surface area (Å²) in [5, 5.41) is 21.7. The summed E-state index contributed by atoms with van der Waals surface area (Å²) in [6.45, 7) is 1.51. The predicted octanol–water partition coefficient (Wildman–Crippen LogP) is 3.97. The second-order valence-electron chi connectivity index (χ2n) is 6.28. The molecule has 2 aromatic carbocycles. The molecule has 2 amide bonds. The average Bonchev–Trinajstić information content (AvgIpc) is 2.97. The summed E-state index contributed by atoms with van der Waals surface area (Å²) in [6, 6.07) is 9.72. The van der Waals surface area contributed by atoms with Gasteiger partial charge < -0.3 is 15.5 Å². The second-order valence-corrected chi connectivity index (χ2v) is 8.36. The number of carbonyl (C=O) groups is 3. The number of phenols is 1. The maximum Gasteiger partial charge on any atom is 0.339 e. The van der Waals surface area contributed by atoms with Crippen molar-refractivity contribution in [2.75, 3.05) is 5.32 Å². The highest BCUT2D eigenvalue weighted by atomic mass is 35.5. The maximum absolute atomic E-state index is 12.8. The first-order valence-corrected chi connectivity index (χ1v) is 10.2. The highest BCUT2D eigenvalue weighted by Gasteiger charge is 2.38. The SMILES string of the molecule is C[C@H](C(=O)Nc1ccc(O)c(C(=O)O)c1)N1C(=O)/C(=C/c2ccccc2Cl)SC1=S. The van der Waals surface area contributed by atoms with Crippen LogP contribution in [0.3, 0.4) is 0 Å². The molecule has 154 valence electrons. The lowest BCUT2D eigenvalue weighted by molar-refractivity contribution is -0.129. The minimum absolute atomic E-state index is 0.166. The van der Waals surface area contributed by atoms with Crippen LogP contribution in [-0.2, 0) is 9.59 Å². The Morgan fingerprint density at radius 1 is 1.27 bits per heavy atom. The van der Waals surface area contributed by atoms with Gasteiger partial charge in [0.15, 0.2) is 0 Å². The number of hydrogen-bond donors (Lipinski definition) is 3. The van der Waals surface area contributed by atoms with Gasteiger partial charge >= 0.3 is 5.97 Å². The normalized spacial score (nSPS) is 16.1. The first-order valence-electron chi connectivity index (χ1n) is 8.58. The summed E-state index contributed by atoms with van der Waals surface area (Å²) >= 11 is 12.5. The number of aromatic hydroxyl groups is 1. The molecule has 0 aliphatic carbocycles. The number of halogens is 1. The lowest BCUT2D eigenvalue weighted by atomic mass is 10.1. The van der Waals surface area contributed by atoms with Crippen molar-refractivity contribution in [3.63, 3.8) is 0 Å². The van der Waals surface area contributed by atoms with Crippen LogP contribution in [0, 0.1) is 0 Å². The summed E-state index contributed by atoms with van der Waals surface area (Å²) in [5.41, 5.74) is 0.468. The molecule has 0 unspecified atom stereocenters. The minimum Gasteiger partial charge on any atom is -0.507 e. The van der Waals surface area contributed by atoms with Crippen LogP contribution in [0.5, 0.6) is 5.75 Å². The van der Waals surface area contributed by atoms with E-state index in [1.165, 1.54) is 17.9 Å². The molecule has 0 bridgehead atoms. The third-order valence-corrected chi connectivity index (χ3v) is 5.95. The van der Waals surface area contributed by atoms with Gasteiger partial charge in [-0.1, -0.05) is 53.8 Å². The molecule has 1 atom stereocenters. The summed E-state index contributed by atoms with van der Waals surface area (Å²) in [7, 11) is 0. The number of anilines is 1. The topological polar surface area (TPSA) is 107 Å². The largest absolute Gasteiger partial charge is 0.507 e. The van der Waals surface area contributed by atoms with Gasteiger partial charge in [0.2, 0.25) is 5.91 Å². The molecular weight excluding hydrogens is 448 g/mol. The second kappa shape index (κ2) is 8.86. The first kappa shape index (κ1) is 21.8. The number of carboxylic acid groups (broad SMARTS) is 1. The molecule has 30 heavy (non-hydrogen) atoms. The summed E-state index contributed by atoms with van der Waals surface area (Å²) in [4.78, 5) is 38.2. The van der Waals surface area contributed by atoms with Crippen molar-refractivity contribution in [1.29, 1.82) is 0 Å². The lowest BCUT2D eigenvalue weighted by Gasteiger charge is -2.22. The third kappa shape index (κ3) is 4.48. The van der Waals surface area contributed by atoms with Crippen LogP contribution in [-0.4, -0.2) is 43.3 Å². The molecule has 10 heteroatoms. The van der Waals surface area contributed by atoms with Crippen molar-refractivity contribution in [2.45, 2.75) is 13.0 Å². The smallest absolute Gasteiger partial charge is 0.339 e. The zero-order valence-corrected chi connectivity index (χ0v) is 17.8. The van der Waals surface area contributed by atoms with Crippen molar-refractivity contribution in [3.8, 4) is 5.75 Å². The Bertz CT molecular complexity index is 1100. The van der Waals surface area contributed by atoms with Gasteiger partial charge in [0, 0.05) is 10.7 Å². The molecule has 7 nitrogen and oxygen atoms in total. The van der Waals surface area contributed by atoms with Crippen LogP contribution in [0.4, 0.5) is 5.69 Å². The molecule has 1 aliphatic heterocycles. The van der Waals surface area contributed by atoms with E-state index in [1.807, 2.05) is 0 Å². The van der Waals surface area contributed by atoms with E-state index in [0.717, 1.165) is 23.9 Å². The van der Waals surface area contributed by atoms with E-state index < -0.39 is 29.6 Å². The standard InChI is InChI=1S/C20H15ClN2O5S2/c1-10(17(25)22-12-6-7-15(24)13(9-12)19(27)28)23-18(26)16(30-20(23)29)8-11-4-2-3-5-14(11)21/h2-10,24H,1H3,(H,22,25)(H,27,28)/b16-8-/t10-/m1/s1. The predicted molar refractivity (Wildman–Crippen MR) is 120 cm³/mol. The van der Waals surface area contributed by atoms with Crippen LogP contribution in [0.1, 0.15) is 22.8 Å². The van der Waals surface area contributed by atoms with Gasteiger partial charge in [0.25, 0.3) is 5.91 Å². The molecule has 0 saturated carbocycles. The molecule has 1 heterocycles. The molecule has 3 N–H and O–H groups in total. The highest BCUT2D eigenvalue weighted by Crippen LogP contribution is 2.35. The number of hydrogen-bond acceptors (Lipinski definition) is 6. The number of amides is 2. The summed E-state index contributed by atoms with van der Waals surface area (Å²) < 4.78 is 0.220. The summed E-state index contributed by atoms with van der Waals surface area (Å²) in [5.74, 6) is -2.75. The third-order valence-electron chi connectivity index (χ3n) is 4.28. The van der Waals surface area contributed by atoms with Gasteiger partial charge in [-0.15, -0.1) is 0 Å². The van der Waals surface area contributed by atoms with Gasteiger partial charge in [0.1, 0.15) is 21.7 Å². The zero-order valence-electron chi connectivity index (χ0n) is 15.5. The number of nitrogens with one attached hydrogen (secondary N) is 1. The van der Waals surface area contributed by atoms with Crippen molar-refractivity contribution < 1.29 is 24.6 Å². The van der Waals surface area contributed by atoms with Crippen molar-refractivity contribution in [1.82, 2.24) is 4.90 Å². The van der Waals surface area contributed by atoms with Crippen molar-refractivity contribution in [2.24, 2.45) is 0 Å². The molecule has 1 saturated heterocycles. The van der Waals surface area contributed by atoms with Crippen LogP contribution < -0.4 is 5.32 Å². The van der Waals surface area contributed by atoms with E-state index in [0.29, 0.717) is 15.5 Å². The molecule has 2 aromatic rings. The summed E-state index contributed by atoms with van der Waals surface area (Å²) in [6.07, 6.45) is 1.62. The average molecular weight is 463 g/mol. The molecule has 1 aliphatic rings. The first-order chi connectivity index (χ1) is 14.2. The quantitative estimate of drug-likeness (QED) is 0.350. The Morgan fingerprint density at radius 3 is 2.63 bits per heavy atom. The molecular formula is C20H15ClN2O5S2. The number of benzene rings is 2. The van der Waals surface area contributed by atoms with E-state index in [2.05, 4.69) is 5.32 Å². The fourth-order valence-corrected chi connectivity index (χ4v) is 4.30. The fraction of sp³-hybridized carbons (Fsp3) is 0.100. The van der Waals surface area contributed by atoms with Gasteiger partial charge in [-0.05, 0) is 42.8 Å². The lowest BCUT2D eigenvalue weighted by Crippen LogP contribution is -2.44. The van der Waals surface area contributed by atoms with Gasteiger partial charge in [0.05, 0.1) is 4.91 Å². The number of aromatic carboxylic acids is 1. The van der Waals surface area contributed by atoms with Gasteiger partial charge in [-0.25, -0.2) is 4.79 Å². The van der Waals surface area contributed by atoms with E-state index in [9.17, 15) is 19.5 Å². The van der Waals surface area contributed by atoms with Crippen LogP contribution in [0.25, 0.3) is 6.08 Å². The number of carbonyl (C=O) groups excluding carboxylic acids is 2. The van der Waals surface area contributed by atoms with Crippen LogP contribution in [0.2, 0.25) is 5.02 Å². The van der Waals surface area contributed by atoms with Crippen molar-refractivity contribution >= 4 is 69.4 Å². The Kier molecular flexibility index (Phi) is 6.45. The van der Waals surface area contributed by atoms with Crippen LogP contribution in [0.15, 0.2) is 47.4 Å². The number of thiocarbonyl (C=S) groups is 1. The Hall–Kier alpha value is -2.88. The Labute approximate surface area is 186 Å². The zero-order chi connectivity index (χ0) is 22.0. The monoisotopic (exact) mass is 462 g/mol. The van der Waals surface area contributed by atoms with Crippen molar-refractivity contribution in [3.05, 3.63) is 63.5 Å². The van der Waals surface area contributed by atoms with E-state index in [-0.39, 0.29) is 15.6 Å².